The van der Waals surface area contributed by atoms with Gasteiger partial charge in [-0.1, -0.05) is 60.7 Å². The Labute approximate surface area is 166 Å². The van der Waals surface area contributed by atoms with Crippen molar-refractivity contribution in [3.63, 3.8) is 0 Å². The van der Waals surface area contributed by atoms with Crippen molar-refractivity contribution in [2.75, 3.05) is 19.6 Å². The zero-order chi connectivity index (χ0) is 19.9. The van der Waals surface area contributed by atoms with Gasteiger partial charge in [0.2, 0.25) is 0 Å². The van der Waals surface area contributed by atoms with E-state index in [1.54, 1.807) is 14.2 Å². The van der Waals surface area contributed by atoms with E-state index < -0.39 is 0 Å². The Morgan fingerprint density at radius 1 is 0.821 bits per heavy atom. The Hall–Kier alpha value is -2.70. The number of hydrogen-bond donors (Lipinski definition) is 1. The molecule has 0 aliphatic rings. The number of aromatic nitrogens is 3. The fourth-order valence-electron chi connectivity index (χ4n) is 3.11. The van der Waals surface area contributed by atoms with Crippen LogP contribution in [0.1, 0.15) is 54.9 Å². The van der Waals surface area contributed by atoms with Crippen LogP contribution in [0.15, 0.2) is 60.7 Å². The van der Waals surface area contributed by atoms with E-state index in [2.05, 4.69) is 64.2 Å². The minimum absolute atomic E-state index is 0.0326. The Morgan fingerprint density at radius 2 is 1.32 bits per heavy atom. The molecule has 0 amide bonds. The van der Waals surface area contributed by atoms with Crippen molar-refractivity contribution in [3.05, 3.63) is 83.4 Å². The fraction of sp³-hybridized carbons (Fsp3) is 0.364. The molecule has 0 fully saturated rings. The first-order valence-electron chi connectivity index (χ1n) is 9.50. The predicted molar refractivity (Wildman–Crippen MR) is 110 cm³/mol. The molecule has 0 spiro atoms. The maximum atomic E-state index is 5.51. The highest BCUT2D eigenvalue weighted by atomic mass is 16.5. The lowest BCUT2D eigenvalue weighted by Gasteiger charge is -2.25. The van der Waals surface area contributed by atoms with Crippen molar-refractivity contribution in [2.45, 2.75) is 38.5 Å². The molecule has 1 heterocycles. The third kappa shape index (κ3) is 4.58. The number of ether oxygens (including phenoxy) is 2. The summed E-state index contributed by atoms with van der Waals surface area (Å²) in [5.74, 6) is 1.44. The number of nitrogens with one attached hydrogen (secondary N) is 1. The maximum absolute atomic E-state index is 5.51. The van der Waals surface area contributed by atoms with E-state index in [9.17, 15) is 0 Å². The maximum Gasteiger partial charge on any atom is 0.180 e. The van der Waals surface area contributed by atoms with Gasteiger partial charge in [-0.2, -0.15) is 0 Å². The molecule has 0 bridgehead atoms. The lowest BCUT2D eigenvalue weighted by atomic mass is 9.99. The topological polar surface area (TPSA) is 61.2 Å². The van der Waals surface area contributed by atoms with E-state index >= 15 is 0 Å². The smallest absolute Gasteiger partial charge is 0.180 e. The number of benzene rings is 2. The van der Waals surface area contributed by atoms with Gasteiger partial charge in [-0.05, 0) is 31.4 Å². The minimum atomic E-state index is -0.203. The Kier molecular flexibility index (Phi) is 6.79. The molecule has 6 heteroatoms. The van der Waals surface area contributed by atoms with Crippen molar-refractivity contribution in [1.82, 2.24) is 14.9 Å². The largest absolute Gasteiger partial charge is 0.374 e. The lowest BCUT2D eigenvalue weighted by Crippen LogP contribution is -2.28. The molecular weight excluding hydrogens is 352 g/mol. The van der Waals surface area contributed by atoms with Crippen LogP contribution in [0, 0.1) is 0 Å². The van der Waals surface area contributed by atoms with Crippen LogP contribution in [0.5, 0.6) is 0 Å². The Bertz CT molecular complexity index is 824. The molecule has 1 aromatic heterocycles. The summed E-state index contributed by atoms with van der Waals surface area (Å²) < 4.78 is 12.9. The van der Waals surface area contributed by atoms with Crippen LogP contribution in [0.4, 0.5) is 0 Å². The predicted octanol–water partition coefficient (Wildman–Crippen LogP) is 4.22. The first-order valence-corrected chi connectivity index (χ1v) is 9.50. The first kappa shape index (κ1) is 20.0. The Morgan fingerprint density at radius 3 is 1.82 bits per heavy atom. The summed E-state index contributed by atoms with van der Waals surface area (Å²) >= 11 is 0. The normalized spacial score (nSPS) is 14.4. The van der Waals surface area contributed by atoms with Crippen LogP contribution in [0.2, 0.25) is 0 Å². The molecule has 0 saturated carbocycles. The van der Waals surface area contributed by atoms with Crippen molar-refractivity contribution in [3.8, 4) is 0 Å². The van der Waals surface area contributed by atoms with Crippen molar-refractivity contribution < 1.29 is 9.47 Å². The van der Waals surface area contributed by atoms with E-state index in [-0.39, 0.29) is 18.2 Å². The minimum Gasteiger partial charge on any atom is -0.374 e. The van der Waals surface area contributed by atoms with Gasteiger partial charge in [0.15, 0.2) is 11.6 Å². The molecule has 0 saturated heterocycles. The Balaban J connectivity index is 1.99. The number of rotatable bonds is 9. The van der Waals surface area contributed by atoms with E-state index in [4.69, 9.17) is 9.47 Å². The summed E-state index contributed by atoms with van der Waals surface area (Å²) in [4.78, 5) is 0. The van der Waals surface area contributed by atoms with Crippen LogP contribution in [-0.2, 0) is 15.9 Å². The second kappa shape index (κ2) is 9.48. The molecule has 3 rings (SSSR count). The summed E-state index contributed by atoms with van der Waals surface area (Å²) in [7, 11) is 3.34. The van der Waals surface area contributed by atoms with Gasteiger partial charge >= 0.3 is 0 Å². The van der Waals surface area contributed by atoms with Gasteiger partial charge in [0.1, 0.15) is 12.2 Å². The van der Waals surface area contributed by atoms with Crippen molar-refractivity contribution >= 4 is 0 Å². The summed E-state index contributed by atoms with van der Waals surface area (Å²) in [6.07, 6.45) is 0.418. The van der Waals surface area contributed by atoms with E-state index in [0.717, 1.165) is 18.1 Å². The second-order valence-electron chi connectivity index (χ2n) is 6.79. The monoisotopic (exact) mass is 380 g/mol. The third-order valence-electron chi connectivity index (χ3n) is 4.92. The molecule has 0 unspecified atom stereocenters. The van der Waals surface area contributed by atoms with E-state index in [0.29, 0.717) is 0 Å². The molecule has 2 aromatic carbocycles. The molecule has 148 valence electrons. The van der Waals surface area contributed by atoms with Gasteiger partial charge in [0, 0.05) is 14.2 Å². The molecule has 6 nitrogen and oxygen atoms in total. The first-order chi connectivity index (χ1) is 13.6. The number of nitrogens with zero attached hydrogens (tertiary/aromatic N) is 3. The number of methoxy groups -OCH3 is 2. The van der Waals surface area contributed by atoms with Crippen LogP contribution in [-0.4, -0.2) is 29.1 Å². The van der Waals surface area contributed by atoms with Gasteiger partial charge in [-0.25, -0.2) is 4.68 Å². The SMILES string of the molecule is CO[C@@H](C)c1nnc([C@H](C)OC)n1N[C@@H](Cc1ccccc1)c1ccccc1. The average molecular weight is 380 g/mol. The lowest BCUT2D eigenvalue weighted by molar-refractivity contribution is 0.101. The summed E-state index contributed by atoms with van der Waals surface area (Å²) in [6.45, 7) is 3.91. The molecule has 1 N–H and O–H groups in total. The summed E-state index contributed by atoms with van der Waals surface area (Å²) in [5.41, 5.74) is 6.06. The molecule has 3 atom stereocenters. The quantitative estimate of drug-likeness (QED) is 0.602. The molecular formula is C22H28N4O2. The highest BCUT2D eigenvalue weighted by Gasteiger charge is 2.24. The molecule has 0 aliphatic carbocycles. The molecule has 28 heavy (non-hydrogen) atoms. The third-order valence-corrected chi connectivity index (χ3v) is 4.92. The van der Waals surface area contributed by atoms with E-state index in [1.807, 2.05) is 30.7 Å². The fourth-order valence-corrected chi connectivity index (χ4v) is 3.11. The van der Waals surface area contributed by atoms with Crippen LogP contribution < -0.4 is 5.43 Å². The van der Waals surface area contributed by atoms with Gasteiger partial charge in [-0.15, -0.1) is 10.2 Å². The highest BCUT2D eigenvalue weighted by molar-refractivity contribution is 5.26. The molecule has 3 aromatic rings. The van der Waals surface area contributed by atoms with Gasteiger partial charge in [-0.3, -0.25) is 0 Å². The van der Waals surface area contributed by atoms with Crippen molar-refractivity contribution in [2.24, 2.45) is 0 Å². The molecule has 0 aliphatic heterocycles. The van der Waals surface area contributed by atoms with Gasteiger partial charge < -0.3 is 14.9 Å². The van der Waals surface area contributed by atoms with E-state index in [1.165, 1.54) is 11.1 Å². The standard InChI is InChI=1S/C22H28N4O2/c1-16(27-3)21-23-24-22(17(2)28-4)26(21)25-20(19-13-9-6-10-14-19)15-18-11-7-5-8-12-18/h5-14,16-17,20,25H,15H2,1-4H3/t16-,17-,20-/m0/s1. The number of hydrogen-bond acceptors (Lipinski definition) is 5. The zero-order valence-corrected chi connectivity index (χ0v) is 16.9. The average Bonchev–Trinajstić information content (AvgIpc) is 3.17. The summed E-state index contributed by atoms with van der Waals surface area (Å²) in [6, 6.07) is 20.9. The van der Waals surface area contributed by atoms with Crippen LogP contribution in [0.25, 0.3) is 0 Å². The molecule has 0 radical (unpaired) electrons. The van der Waals surface area contributed by atoms with Crippen molar-refractivity contribution in [1.29, 1.82) is 0 Å². The second-order valence-corrected chi connectivity index (χ2v) is 6.79. The van der Waals surface area contributed by atoms with Crippen LogP contribution in [0.3, 0.4) is 0 Å². The van der Waals surface area contributed by atoms with Gasteiger partial charge in [0.05, 0.1) is 6.04 Å². The highest BCUT2D eigenvalue weighted by Crippen LogP contribution is 2.24. The van der Waals surface area contributed by atoms with Gasteiger partial charge in [0.25, 0.3) is 0 Å². The zero-order valence-electron chi connectivity index (χ0n) is 16.9. The van der Waals surface area contributed by atoms with Crippen LogP contribution >= 0.6 is 0 Å². The summed E-state index contributed by atoms with van der Waals surface area (Å²) in [5, 5.41) is 8.71.